The van der Waals surface area contributed by atoms with Gasteiger partial charge in [0.2, 0.25) is 0 Å². The van der Waals surface area contributed by atoms with Crippen LogP contribution in [-0.4, -0.2) is 19.1 Å². The van der Waals surface area contributed by atoms with Crippen molar-refractivity contribution in [2.75, 3.05) is 0 Å². The molecule has 0 amide bonds. The highest BCUT2D eigenvalue weighted by Gasteiger charge is 2.07. The lowest BCUT2D eigenvalue weighted by Crippen LogP contribution is -2.30. The van der Waals surface area contributed by atoms with E-state index in [1.807, 2.05) is 36.4 Å². The Bertz CT molecular complexity index is 1430. The van der Waals surface area contributed by atoms with E-state index in [-0.39, 0.29) is 22.5 Å². The molecule has 0 saturated carbocycles. The van der Waals surface area contributed by atoms with Gasteiger partial charge in [-0.1, -0.05) is 75.6 Å². The van der Waals surface area contributed by atoms with Crippen LogP contribution in [0.2, 0.25) is 0 Å². The van der Waals surface area contributed by atoms with Gasteiger partial charge < -0.3 is 0 Å². The number of rotatable bonds is 13. The van der Waals surface area contributed by atoms with Gasteiger partial charge in [-0.2, -0.15) is 0 Å². The molecule has 0 aliphatic rings. The maximum atomic E-state index is 12.2. The van der Waals surface area contributed by atoms with Gasteiger partial charge in [0.15, 0.2) is 0 Å². The highest BCUT2D eigenvalue weighted by atomic mass is 16.2. The van der Waals surface area contributed by atoms with Crippen LogP contribution < -0.4 is 22.5 Å². The van der Waals surface area contributed by atoms with Crippen LogP contribution in [0.1, 0.15) is 64.2 Å². The number of hydrogen-bond donors (Lipinski definition) is 2. The maximum absolute atomic E-state index is 12.2. The second-order valence-corrected chi connectivity index (χ2v) is 9.39. The van der Waals surface area contributed by atoms with Crippen molar-refractivity contribution in [3.05, 3.63) is 90.2 Å². The first-order valence-electron chi connectivity index (χ1n) is 13.0. The fourth-order valence-corrected chi connectivity index (χ4v) is 4.88. The van der Waals surface area contributed by atoms with Crippen molar-refractivity contribution in [1.29, 1.82) is 0 Å². The minimum Gasteiger partial charge on any atom is -0.293 e. The Morgan fingerprint density at radius 1 is 0.472 bits per heavy atom. The molecule has 0 fully saturated rings. The largest absolute Gasteiger partial charge is 0.328 e. The lowest BCUT2D eigenvalue weighted by molar-refractivity contribution is 0.519. The molecule has 0 spiro atoms. The highest BCUT2D eigenvalue weighted by molar-refractivity contribution is 5.78. The third kappa shape index (κ3) is 6.11. The molecule has 190 valence electrons. The van der Waals surface area contributed by atoms with Crippen molar-refractivity contribution in [2.24, 2.45) is 0 Å². The predicted molar refractivity (Wildman–Crippen MR) is 144 cm³/mol. The molecule has 0 aliphatic carbocycles. The third-order valence-corrected chi connectivity index (χ3v) is 6.82. The Morgan fingerprint density at radius 3 is 1.19 bits per heavy atom. The van der Waals surface area contributed by atoms with E-state index in [4.69, 9.17) is 0 Å². The molecule has 4 aromatic rings. The molecule has 0 radical (unpaired) electrons. The molecular formula is C28H34N4O4. The Labute approximate surface area is 208 Å². The summed E-state index contributed by atoms with van der Waals surface area (Å²) in [5, 5.41) is 1.10. The molecule has 0 bridgehead atoms. The van der Waals surface area contributed by atoms with E-state index >= 15 is 0 Å². The van der Waals surface area contributed by atoms with Crippen LogP contribution in [0, 0.1) is 0 Å². The molecule has 4 rings (SSSR count). The average molecular weight is 491 g/mol. The maximum Gasteiger partial charge on any atom is 0.328 e. The third-order valence-electron chi connectivity index (χ3n) is 6.82. The molecule has 2 aromatic carbocycles. The van der Waals surface area contributed by atoms with Crippen molar-refractivity contribution >= 4 is 21.8 Å². The fraction of sp³-hybridized carbons (Fsp3) is 0.429. The summed E-state index contributed by atoms with van der Waals surface area (Å²) in [5.74, 6) is 0. The summed E-state index contributed by atoms with van der Waals surface area (Å²) in [6, 6.07) is 14.5. The zero-order valence-electron chi connectivity index (χ0n) is 20.6. The summed E-state index contributed by atoms with van der Waals surface area (Å²) in [7, 11) is 0. The van der Waals surface area contributed by atoms with Crippen LogP contribution in [0.3, 0.4) is 0 Å². The standard InChI is InChI=1S/C28H34N4O4/c33-25-21-15-9-11-17-23(21)31(27(35)29-25)19-13-7-5-3-1-2-4-6-8-14-20-32-24-18-12-10-16-22(24)26(34)30-28(32)36/h9-12,15-18H,1-8,13-14,19-20H2,(H,29,33,35)(H,30,34,36). The summed E-state index contributed by atoms with van der Waals surface area (Å²) in [6.45, 7) is 1.23. The lowest BCUT2D eigenvalue weighted by Gasteiger charge is -2.09. The number of para-hydroxylation sites is 2. The Balaban J connectivity index is 1.09. The number of fused-ring (bicyclic) bond motifs is 2. The van der Waals surface area contributed by atoms with Crippen LogP contribution in [0.4, 0.5) is 0 Å². The molecule has 2 aromatic heterocycles. The summed E-state index contributed by atoms with van der Waals surface area (Å²) in [6.07, 6.45) is 11.0. The second-order valence-electron chi connectivity index (χ2n) is 9.39. The summed E-state index contributed by atoms with van der Waals surface area (Å²) < 4.78 is 3.33. The van der Waals surface area contributed by atoms with Crippen LogP contribution in [0.25, 0.3) is 21.8 Å². The molecule has 0 aliphatic heterocycles. The van der Waals surface area contributed by atoms with Crippen molar-refractivity contribution in [3.63, 3.8) is 0 Å². The first-order valence-corrected chi connectivity index (χ1v) is 13.0. The molecule has 0 atom stereocenters. The number of nitrogens with one attached hydrogen (secondary N) is 2. The van der Waals surface area contributed by atoms with Gasteiger partial charge in [0, 0.05) is 13.1 Å². The van der Waals surface area contributed by atoms with E-state index in [2.05, 4.69) is 9.97 Å². The molecule has 0 saturated heterocycles. The Kier molecular flexibility index (Phi) is 8.71. The summed E-state index contributed by atoms with van der Waals surface area (Å²) in [5.41, 5.74) is 0.0701. The number of hydrogen-bond acceptors (Lipinski definition) is 4. The second kappa shape index (κ2) is 12.3. The van der Waals surface area contributed by atoms with Gasteiger partial charge in [0.25, 0.3) is 11.1 Å². The minimum atomic E-state index is -0.336. The number of aromatic nitrogens is 4. The van der Waals surface area contributed by atoms with Crippen LogP contribution >= 0.6 is 0 Å². The number of aromatic amines is 2. The molecule has 2 N–H and O–H groups in total. The first kappa shape index (κ1) is 25.4. The quantitative estimate of drug-likeness (QED) is 0.272. The van der Waals surface area contributed by atoms with Crippen LogP contribution in [-0.2, 0) is 13.1 Å². The van der Waals surface area contributed by atoms with Gasteiger partial charge in [-0.3, -0.25) is 28.7 Å². The van der Waals surface area contributed by atoms with E-state index < -0.39 is 0 Å². The zero-order valence-corrected chi connectivity index (χ0v) is 20.6. The summed E-state index contributed by atoms with van der Waals surface area (Å²) in [4.78, 5) is 53.2. The van der Waals surface area contributed by atoms with E-state index in [9.17, 15) is 19.2 Å². The van der Waals surface area contributed by atoms with E-state index in [1.54, 1.807) is 21.3 Å². The number of H-pyrrole nitrogens is 2. The van der Waals surface area contributed by atoms with Crippen LogP contribution in [0.5, 0.6) is 0 Å². The van der Waals surface area contributed by atoms with Crippen molar-refractivity contribution in [2.45, 2.75) is 77.3 Å². The van der Waals surface area contributed by atoms with Crippen LogP contribution in [0.15, 0.2) is 67.7 Å². The Hall–Kier alpha value is -3.68. The number of aryl methyl sites for hydroxylation is 2. The van der Waals surface area contributed by atoms with Crippen molar-refractivity contribution in [3.8, 4) is 0 Å². The van der Waals surface area contributed by atoms with Gasteiger partial charge in [-0.05, 0) is 37.1 Å². The fourth-order valence-electron chi connectivity index (χ4n) is 4.88. The number of unbranched alkanes of at least 4 members (excludes halogenated alkanes) is 9. The highest BCUT2D eigenvalue weighted by Crippen LogP contribution is 2.13. The molecule has 36 heavy (non-hydrogen) atoms. The van der Waals surface area contributed by atoms with Crippen molar-refractivity contribution < 1.29 is 0 Å². The molecular weight excluding hydrogens is 456 g/mol. The summed E-state index contributed by atoms with van der Waals surface area (Å²) >= 11 is 0. The van der Waals surface area contributed by atoms with Gasteiger partial charge in [-0.15, -0.1) is 0 Å². The minimum absolute atomic E-state index is 0.328. The number of nitrogens with zero attached hydrogens (tertiary/aromatic N) is 2. The van der Waals surface area contributed by atoms with E-state index in [1.165, 1.54) is 25.7 Å². The average Bonchev–Trinajstić information content (AvgIpc) is 2.88. The first-order chi connectivity index (χ1) is 17.6. The molecule has 2 heterocycles. The zero-order chi connectivity index (χ0) is 25.3. The lowest BCUT2D eigenvalue weighted by atomic mass is 10.1. The smallest absolute Gasteiger partial charge is 0.293 e. The van der Waals surface area contributed by atoms with Gasteiger partial charge >= 0.3 is 11.4 Å². The Morgan fingerprint density at radius 2 is 0.806 bits per heavy atom. The van der Waals surface area contributed by atoms with Gasteiger partial charge in [0.1, 0.15) is 0 Å². The predicted octanol–water partition coefficient (Wildman–Crippen LogP) is 4.29. The molecule has 8 heteroatoms. The van der Waals surface area contributed by atoms with E-state index in [0.717, 1.165) is 38.5 Å². The molecule has 8 nitrogen and oxygen atoms in total. The normalized spacial score (nSPS) is 11.4. The van der Waals surface area contributed by atoms with Gasteiger partial charge in [-0.25, -0.2) is 9.59 Å². The van der Waals surface area contributed by atoms with Gasteiger partial charge in [0.05, 0.1) is 21.8 Å². The van der Waals surface area contributed by atoms with Crippen molar-refractivity contribution in [1.82, 2.24) is 19.1 Å². The number of benzene rings is 2. The molecule has 0 unspecified atom stereocenters. The van der Waals surface area contributed by atoms with E-state index in [0.29, 0.717) is 34.9 Å². The SMILES string of the molecule is O=c1[nH]c(=O)n(CCCCCCCCCCCCn2c(=O)[nH]c(=O)c3ccccc32)c2ccccc12. The topological polar surface area (TPSA) is 110 Å². The monoisotopic (exact) mass is 490 g/mol.